The van der Waals surface area contributed by atoms with Crippen molar-refractivity contribution in [2.45, 2.75) is 20.3 Å². The molecule has 0 aliphatic heterocycles. The van der Waals surface area contributed by atoms with E-state index in [-0.39, 0.29) is 0 Å². The number of fused-ring (bicyclic) bond motifs is 1. The van der Waals surface area contributed by atoms with Gasteiger partial charge in [0.25, 0.3) is 0 Å². The summed E-state index contributed by atoms with van der Waals surface area (Å²) < 4.78 is 0. The second-order valence-corrected chi connectivity index (χ2v) is 3.02. The molecule has 0 bridgehead atoms. The first-order valence-corrected chi connectivity index (χ1v) is 3.56. The van der Waals surface area contributed by atoms with E-state index < -0.39 is 0 Å². The summed E-state index contributed by atoms with van der Waals surface area (Å²) in [4.78, 5) is 0. The van der Waals surface area contributed by atoms with Gasteiger partial charge in [0.1, 0.15) is 0 Å². The molecule has 0 spiro atoms. The highest BCUT2D eigenvalue weighted by Gasteiger charge is 2.65. The minimum Gasteiger partial charge on any atom is -0.0850 e. The van der Waals surface area contributed by atoms with Crippen molar-refractivity contribution in [1.29, 1.82) is 0 Å². The van der Waals surface area contributed by atoms with Crippen LogP contribution < -0.4 is 0 Å². The zero-order chi connectivity index (χ0) is 5.72. The lowest BCUT2D eigenvalue weighted by molar-refractivity contribution is 0.775. The van der Waals surface area contributed by atoms with Gasteiger partial charge >= 0.3 is 0 Å². The number of rotatable bonds is 1. The van der Waals surface area contributed by atoms with Gasteiger partial charge in [-0.3, -0.25) is 0 Å². The van der Waals surface area contributed by atoms with Crippen molar-refractivity contribution in [2.75, 3.05) is 0 Å². The maximum Gasteiger partial charge on any atom is -0.01000 e. The van der Waals surface area contributed by atoms with Gasteiger partial charge in [-0.1, -0.05) is 25.5 Å². The van der Waals surface area contributed by atoms with E-state index in [9.17, 15) is 0 Å². The molecule has 0 aromatic rings. The van der Waals surface area contributed by atoms with E-state index in [4.69, 9.17) is 0 Å². The Kier molecular flexibility index (Phi) is 0.677. The molecule has 0 amide bonds. The number of allylic oxidation sites excluding steroid dienone is 2. The molecule has 2 aliphatic rings. The molecule has 0 aromatic carbocycles. The summed E-state index contributed by atoms with van der Waals surface area (Å²) in [5.41, 5.74) is 1.76. The predicted molar refractivity (Wildman–Crippen MR) is 34.5 cm³/mol. The predicted octanol–water partition coefficient (Wildman–Crippen LogP) is 2.22. The summed E-state index contributed by atoms with van der Waals surface area (Å²) in [6, 6.07) is 0. The van der Waals surface area contributed by atoms with Crippen molar-refractivity contribution in [2.24, 2.45) is 17.8 Å². The highest BCUT2D eigenvalue weighted by atomic mass is 14.7. The summed E-state index contributed by atoms with van der Waals surface area (Å²) in [6.45, 7) is 4.57. The molecule has 2 rings (SSSR count). The van der Waals surface area contributed by atoms with Crippen LogP contribution in [-0.4, -0.2) is 0 Å². The van der Waals surface area contributed by atoms with Crippen LogP contribution in [0.3, 0.4) is 0 Å². The molecule has 2 atom stereocenters. The zero-order valence-electron chi connectivity index (χ0n) is 5.52. The van der Waals surface area contributed by atoms with Crippen LogP contribution in [0.2, 0.25) is 0 Å². The standard InChI is InChI=1S/C8H12/c1-3-4-6-7-5(2)8(6)7/h4-5,7-8H,3H2,1-2H3. The molecule has 2 saturated carbocycles. The summed E-state index contributed by atoms with van der Waals surface area (Å²) in [6.07, 6.45) is 3.64. The van der Waals surface area contributed by atoms with Gasteiger partial charge < -0.3 is 0 Å². The minimum atomic E-state index is 1.06. The molecule has 0 saturated heterocycles. The van der Waals surface area contributed by atoms with Gasteiger partial charge in [0.05, 0.1) is 0 Å². The van der Waals surface area contributed by atoms with E-state index in [1.165, 1.54) is 6.42 Å². The fourth-order valence-electron chi connectivity index (χ4n) is 1.79. The van der Waals surface area contributed by atoms with Crippen LogP contribution in [0.25, 0.3) is 0 Å². The molecular formula is C8H12. The van der Waals surface area contributed by atoms with Crippen LogP contribution in [0.5, 0.6) is 0 Å². The Morgan fingerprint density at radius 3 is 2.50 bits per heavy atom. The van der Waals surface area contributed by atoms with Crippen molar-refractivity contribution in [3.05, 3.63) is 11.6 Å². The third-order valence-electron chi connectivity index (χ3n) is 2.48. The highest BCUT2D eigenvalue weighted by Crippen LogP contribution is 2.72. The summed E-state index contributed by atoms with van der Waals surface area (Å²) in [5, 5.41) is 0. The van der Waals surface area contributed by atoms with Gasteiger partial charge in [0.15, 0.2) is 0 Å². The average molecular weight is 108 g/mol. The van der Waals surface area contributed by atoms with Crippen molar-refractivity contribution in [3.8, 4) is 0 Å². The van der Waals surface area contributed by atoms with Crippen molar-refractivity contribution < 1.29 is 0 Å². The fraction of sp³-hybridized carbons (Fsp3) is 0.750. The molecule has 0 N–H and O–H groups in total. The average Bonchev–Trinajstić information content (AvgIpc) is 2.57. The minimum absolute atomic E-state index is 1.06. The summed E-state index contributed by atoms with van der Waals surface area (Å²) in [7, 11) is 0. The van der Waals surface area contributed by atoms with Crippen LogP contribution >= 0.6 is 0 Å². The molecule has 2 fully saturated rings. The first kappa shape index (κ1) is 4.60. The van der Waals surface area contributed by atoms with Crippen LogP contribution in [0.1, 0.15) is 20.3 Å². The largest absolute Gasteiger partial charge is 0.0850 e. The molecular weight excluding hydrogens is 96.1 g/mol. The third-order valence-corrected chi connectivity index (χ3v) is 2.48. The second kappa shape index (κ2) is 1.18. The summed E-state index contributed by atoms with van der Waals surface area (Å²) >= 11 is 0. The van der Waals surface area contributed by atoms with E-state index in [0.717, 1.165) is 17.8 Å². The maximum atomic E-state index is 2.40. The first-order valence-electron chi connectivity index (χ1n) is 3.56. The van der Waals surface area contributed by atoms with E-state index >= 15 is 0 Å². The van der Waals surface area contributed by atoms with Gasteiger partial charge in [-0.15, -0.1) is 0 Å². The molecule has 0 nitrogen and oxygen atoms in total. The Balaban J connectivity index is 1.95. The van der Waals surface area contributed by atoms with E-state index in [1.54, 1.807) is 5.57 Å². The van der Waals surface area contributed by atoms with Crippen LogP contribution in [0, 0.1) is 17.8 Å². The van der Waals surface area contributed by atoms with Crippen molar-refractivity contribution in [3.63, 3.8) is 0 Å². The van der Waals surface area contributed by atoms with Gasteiger partial charge in [-0.25, -0.2) is 0 Å². The molecule has 0 heterocycles. The molecule has 2 aliphatic carbocycles. The molecule has 8 heavy (non-hydrogen) atoms. The molecule has 44 valence electrons. The smallest absolute Gasteiger partial charge is 0.01000 e. The van der Waals surface area contributed by atoms with E-state index in [2.05, 4.69) is 19.9 Å². The first-order chi connectivity index (χ1) is 3.86. The molecule has 0 radical (unpaired) electrons. The molecule has 0 heteroatoms. The Hall–Kier alpha value is -0.260. The summed E-state index contributed by atoms with van der Waals surface area (Å²) in [5.74, 6) is 3.19. The Morgan fingerprint density at radius 1 is 1.50 bits per heavy atom. The van der Waals surface area contributed by atoms with E-state index in [0.29, 0.717) is 0 Å². The Bertz CT molecular complexity index is 132. The maximum absolute atomic E-state index is 2.40. The van der Waals surface area contributed by atoms with Gasteiger partial charge in [0, 0.05) is 0 Å². The number of hydrogen-bond donors (Lipinski definition) is 0. The lowest BCUT2D eigenvalue weighted by Gasteiger charge is -1.92. The zero-order valence-corrected chi connectivity index (χ0v) is 5.52. The highest BCUT2D eigenvalue weighted by molar-refractivity contribution is 5.44. The normalized spacial score (nSPS) is 48.2. The second-order valence-electron chi connectivity index (χ2n) is 3.02. The van der Waals surface area contributed by atoms with E-state index in [1.807, 2.05) is 0 Å². The van der Waals surface area contributed by atoms with Crippen LogP contribution in [-0.2, 0) is 0 Å². The van der Waals surface area contributed by atoms with Crippen LogP contribution in [0.4, 0.5) is 0 Å². The van der Waals surface area contributed by atoms with Gasteiger partial charge in [-0.05, 0) is 24.2 Å². The SMILES string of the molecule is CCC=C1C2C(C)C12. The monoisotopic (exact) mass is 108 g/mol. The van der Waals surface area contributed by atoms with Crippen molar-refractivity contribution in [1.82, 2.24) is 0 Å². The topological polar surface area (TPSA) is 0 Å². The lowest BCUT2D eigenvalue weighted by Crippen LogP contribution is -1.81. The van der Waals surface area contributed by atoms with Crippen molar-refractivity contribution >= 4 is 0 Å². The fourth-order valence-corrected chi connectivity index (χ4v) is 1.79. The Labute approximate surface area is 50.6 Å². The molecule has 2 unspecified atom stereocenters. The molecule has 0 aromatic heterocycles. The van der Waals surface area contributed by atoms with Crippen LogP contribution in [0.15, 0.2) is 11.6 Å². The Morgan fingerprint density at radius 2 is 2.12 bits per heavy atom. The number of hydrogen-bond acceptors (Lipinski definition) is 0. The van der Waals surface area contributed by atoms with Gasteiger partial charge in [0.2, 0.25) is 0 Å². The van der Waals surface area contributed by atoms with Gasteiger partial charge in [-0.2, -0.15) is 0 Å². The quantitative estimate of drug-likeness (QED) is 0.452. The third kappa shape index (κ3) is 0.367. The lowest BCUT2D eigenvalue weighted by atomic mass is 10.1.